The summed E-state index contributed by atoms with van der Waals surface area (Å²) in [6, 6.07) is 3.98. The van der Waals surface area contributed by atoms with Crippen LogP contribution in [0.2, 0.25) is 0 Å². The lowest BCUT2D eigenvalue weighted by molar-refractivity contribution is -0.132. The molecule has 5 heterocycles. The Hall–Kier alpha value is -3.19. The molecule has 0 saturated carbocycles. The van der Waals surface area contributed by atoms with Crippen molar-refractivity contribution in [1.82, 2.24) is 10.3 Å². The Balaban J connectivity index is 1.70. The van der Waals surface area contributed by atoms with E-state index in [1.807, 2.05) is 54.7 Å². The molecular formula is C21H15BrN4O2. The molecule has 0 spiro atoms. The van der Waals surface area contributed by atoms with Crippen LogP contribution < -0.4 is 16.0 Å². The molecular weight excluding hydrogens is 420 g/mol. The number of hydrogen-bond acceptors (Lipinski definition) is 4. The number of fused-ring (bicyclic) bond motifs is 6. The van der Waals surface area contributed by atoms with E-state index in [0.29, 0.717) is 23.4 Å². The summed E-state index contributed by atoms with van der Waals surface area (Å²) in [5.74, 6) is -0.951. The molecule has 3 N–H and O–H groups in total. The number of alkyl halides is 1. The number of aliphatic imine (C=N–C) groups is 2. The van der Waals surface area contributed by atoms with Gasteiger partial charge in [0, 0.05) is 22.8 Å². The number of nitrogens with zero attached hydrogens (tertiary/aromatic N) is 2. The van der Waals surface area contributed by atoms with Gasteiger partial charge in [0.05, 0.1) is 28.4 Å². The molecule has 0 aliphatic carbocycles. The summed E-state index contributed by atoms with van der Waals surface area (Å²) >= 11 is 3.66. The average Bonchev–Trinajstić information content (AvgIpc) is 3.39. The Morgan fingerprint density at radius 2 is 1.64 bits per heavy atom. The minimum atomic E-state index is -0.951. The highest BCUT2D eigenvalue weighted by atomic mass is 79.9. The summed E-state index contributed by atoms with van der Waals surface area (Å²) in [7, 11) is 0. The molecule has 28 heavy (non-hydrogen) atoms. The first-order chi connectivity index (χ1) is 13.5. The summed E-state index contributed by atoms with van der Waals surface area (Å²) in [5.41, 5.74) is 3.93. The average molecular weight is 435 g/mol. The predicted octanol–water partition coefficient (Wildman–Crippen LogP) is 1.80. The van der Waals surface area contributed by atoms with Crippen LogP contribution in [0.15, 0.2) is 81.2 Å². The van der Waals surface area contributed by atoms with Crippen LogP contribution in [0.1, 0.15) is 6.42 Å². The van der Waals surface area contributed by atoms with E-state index in [4.69, 9.17) is 0 Å². The van der Waals surface area contributed by atoms with Crippen molar-refractivity contribution in [3.8, 4) is 0 Å². The first-order valence-electron chi connectivity index (χ1n) is 8.76. The fraction of sp³-hybridized carbons (Fsp3) is 0.0952. The lowest BCUT2D eigenvalue weighted by atomic mass is 10.1. The Kier molecular flexibility index (Phi) is 3.73. The minimum absolute atomic E-state index is 0.291. The molecule has 7 heteroatoms. The Morgan fingerprint density at radius 3 is 2.32 bits per heavy atom. The summed E-state index contributed by atoms with van der Waals surface area (Å²) in [6.45, 7) is 0. The second-order valence-electron chi connectivity index (χ2n) is 6.90. The number of aromatic nitrogens is 1. The highest BCUT2D eigenvalue weighted by Crippen LogP contribution is 2.37. The quantitative estimate of drug-likeness (QED) is 0.464. The third kappa shape index (κ3) is 3.14. The van der Waals surface area contributed by atoms with Gasteiger partial charge in [0.25, 0.3) is 0 Å². The monoisotopic (exact) mass is 434 g/mol. The van der Waals surface area contributed by atoms with E-state index in [1.54, 1.807) is 6.08 Å². The number of hydrogen-bond donors (Lipinski definition) is 3. The van der Waals surface area contributed by atoms with Gasteiger partial charge >= 0.3 is 5.97 Å². The first kappa shape index (κ1) is 16.9. The molecule has 138 valence electrons. The largest absolute Gasteiger partial charge is 0.478 e. The zero-order valence-electron chi connectivity index (χ0n) is 14.6. The van der Waals surface area contributed by atoms with Crippen molar-refractivity contribution in [2.75, 3.05) is 0 Å². The Bertz CT molecular complexity index is 1250. The Morgan fingerprint density at radius 1 is 1.00 bits per heavy atom. The number of nitrogens with one attached hydrogen (secondary N) is 2. The molecule has 1 aromatic heterocycles. The van der Waals surface area contributed by atoms with Gasteiger partial charge in [0.15, 0.2) is 0 Å². The third-order valence-electron chi connectivity index (χ3n) is 4.73. The summed E-state index contributed by atoms with van der Waals surface area (Å²) in [4.78, 5) is 24.3. The molecule has 0 fully saturated rings. The van der Waals surface area contributed by atoms with Crippen LogP contribution in [0.3, 0.4) is 0 Å². The van der Waals surface area contributed by atoms with E-state index in [0.717, 1.165) is 27.8 Å². The van der Waals surface area contributed by atoms with Gasteiger partial charge in [-0.15, -0.1) is 0 Å². The number of rotatable bonds is 1. The number of carbonyl (C=O) groups is 1. The summed E-state index contributed by atoms with van der Waals surface area (Å²) in [5, 5.41) is 14.8. The van der Waals surface area contributed by atoms with Crippen LogP contribution in [0, 0.1) is 0 Å². The predicted molar refractivity (Wildman–Crippen MR) is 112 cm³/mol. The fourth-order valence-electron chi connectivity index (χ4n) is 3.51. The van der Waals surface area contributed by atoms with Crippen LogP contribution in [0.25, 0.3) is 12.2 Å². The molecule has 8 bridgehead atoms. The van der Waals surface area contributed by atoms with Gasteiger partial charge in [0.1, 0.15) is 4.45 Å². The van der Waals surface area contributed by atoms with Crippen molar-refractivity contribution >= 4 is 45.5 Å². The number of halogens is 1. The van der Waals surface area contributed by atoms with Gasteiger partial charge < -0.3 is 15.4 Å². The van der Waals surface area contributed by atoms with E-state index >= 15 is 0 Å². The third-order valence-corrected chi connectivity index (χ3v) is 5.44. The molecule has 1 aromatic rings. The van der Waals surface area contributed by atoms with E-state index in [9.17, 15) is 9.90 Å². The number of aliphatic carboxylic acids is 1. The number of carboxylic acids is 1. The zero-order valence-corrected chi connectivity index (χ0v) is 16.2. The highest BCUT2D eigenvalue weighted by molar-refractivity contribution is 9.10. The molecule has 0 radical (unpaired) electrons. The lowest BCUT2D eigenvalue weighted by Gasteiger charge is -2.20. The number of carboxylic acid groups (broad SMARTS) is 1. The molecule has 1 atom stereocenters. The van der Waals surface area contributed by atoms with Gasteiger partial charge in [-0.3, -0.25) is 0 Å². The molecule has 1 unspecified atom stereocenters. The van der Waals surface area contributed by atoms with Gasteiger partial charge in [0.2, 0.25) is 0 Å². The van der Waals surface area contributed by atoms with Crippen molar-refractivity contribution in [2.24, 2.45) is 9.98 Å². The van der Waals surface area contributed by atoms with Gasteiger partial charge in [-0.2, -0.15) is 0 Å². The second kappa shape index (κ2) is 6.17. The molecule has 0 aromatic carbocycles. The SMILES string of the molecule is O=C(O)C1=C2C=C3C=CC(=N3)C=c3ccc([nH]3)=CC3=NC(=CC(Br)(C1)N2)C=C3. The number of aromatic amines is 1. The van der Waals surface area contributed by atoms with E-state index in [1.165, 1.54) is 0 Å². The van der Waals surface area contributed by atoms with Crippen molar-refractivity contribution in [3.63, 3.8) is 0 Å². The van der Waals surface area contributed by atoms with Gasteiger partial charge in [-0.1, -0.05) is 15.9 Å². The molecule has 4 aliphatic heterocycles. The highest BCUT2D eigenvalue weighted by Gasteiger charge is 2.37. The standard InChI is InChI=1S/C21H15BrN4O2/c22-21-10-17-6-5-15(25-17)8-13-2-1-12(23-13)7-14-3-4-16(24-14)9-19(26-21)18(11-21)20(27)28/h1-10,23,26H,11H2,(H,27,28). The first-order valence-corrected chi connectivity index (χ1v) is 9.55. The molecule has 6 nitrogen and oxygen atoms in total. The van der Waals surface area contributed by atoms with Gasteiger partial charge in [-0.25, -0.2) is 14.8 Å². The van der Waals surface area contributed by atoms with Crippen molar-refractivity contribution in [2.45, 2.75) is 10.9 Å². The zero-order chi connectivity index (χ0) is 19.3. The Labute approximate surface area is 168 Å². The van der Waals surface area contributed by atoms with Crippen LogP contribution in [-0.4, -0.2) is 31.9 Å². The maximum Gasteiger partial charge on any atom is 0.333 e. The van der Waals surface area contributed by atoms with Crippen LogP contribution in [-0.2, 0) is 4.79 Å². The normalized spacial score (nSPS) is 24.8. The maximum absolute atomic E-state index is 11.8. The fourth-order valence-corrected chi connectivity index (χ4v) is 4.23. The molecule has 4 aliphatic rings. The minimum Gasteiger partial charge on any atom is -0.478 e. The molecule has 0 amide bonds. The topological polar surface area (TPSA) is 89.8 Å². The number of H-pyrrole nitrogens is 1. The number of allylic oxidation sites excluding steroid dienone is 5. The maximum atomic E-state index is 11.8. The van der Waals surface area contributed by atoms with Crippen LogP contribution >= 0.6 is 15.9 Å². The van der Waals surface area contributed by atoms with E-state index in [2.05, 4.69) is 36.2 Å². The van der Waals surface area contributed by atoms with Crippen molar-refractivity contribution in [1.29, 1.82) is 0 Å². The van der Waals surface area contributed by atoms with Crippen molar-refractivity contribution in [3.05, 3.63) is 82.0 Å². The second-order valence-corrected chi connectivity index (χ2v) is 8.31. The van der Waals surface area contributed by atoms with E-state index in [-0.39, 0.29) is 0 Å². The molecule has 5 rings (SSSR count). The smallest absolute Gasteiger partial charge is 0.333 e. The van der Waals surface area contributed by atoms with E-state index < -0.39 is 10.4 Å². The molecule has 0 saturated heterocycles. The summed E-state index contributed by atoms with van der Waals surface area (Å²) < 4.78 is -0.719. The van der Waals surface area contributed by atoms with Gasteiger partial charge in [-0.05, 0) is 60.7 Å². The summed E-state index contributed by atoms with van der Waals surface area (Å²) in [6.07, 6.45) is 15.5. The van der Waals surface area contributed by atoms with Crippen LogP contribution in [0.5, 0.6) is 0 Å². The van der Waals surface area contributed by atoms with Crippen molar-refractivity contribution < 1.29 is 9.90 Å². The van der Waals surface area contributed by atoms with Crippen LogP contribution in [0.4, 0.5) is 0 Å². The lowest BCUT2D eigenvalue weighted by Crippen LogP contribution is -2.31.